The molecule has 0 unspecified atom stereocenters. The Kier molecular flexibility index (Phi) is 6.79. The van der Waals surface area contributed by atoms with E-state index in [1.165, 1.54) is 4.70 Å². The van der Waals surface area contributed by atoms with Gasteiger partial charge in [-0.1, -0.05) is 18.2 Å². The van der Waals surface area contributed by atoms with E-state index in [2.05, 4.69) is 26.7 Å². The van der Waals surface area contributed by atoms with Gasteiger partial charge in [0, 0.05) is 30.4 Å². The fraction of sp³-hybridized carbons (Fsp3) is 0.208. The van der Waals surface area contributed by atoms with Crippen LogP contribution in [0.5, 0.6) is 0 Å². The minimum absolute atomic E-state index is 0.0486. The van der Waals surface area contributed by atoms with Gasteiger partial charge in [-0.2, -0.15) is 0 Å². The predicted octanol–water partition coefficient (Wildman–Crippen LogP) is 5.26. The molecule has 0 aliphatic heterocycles. The summed E-state index contributed by atoms with van der Waals surface area (Å²) in [7, 11) is 0. The number of hydrogen-bond donors (Lipinski definition) is 2. The summed E-state index contributed by atoms with van der Waals surface area (Å²) in [5, 5.41) is 7.33. The van der Waals surface area contributed by atoms with Gasteiger partial charge in [0.1, 0.15) is 5.01 Å². The van der Waals surface area contributed by atoms with E-state index in [0.717, 1.165) is 53.4 Å². The Morgan fingerprint density at radius 3 is 2.57 bits per heavy atom. The van der Waals surface area contributed by atoms with Crippen molar-refractivity contribution in [2.45, 2.75) is 25.8 Å². The van der Waals surface area contributed by atoms with E-state index in [4.69, 9.17) is 0 Å². The molecule has 0 saturated carbocycles. The van der Waals surface area contributed by atoms with Gasteiger partial charge in [0.2, 0.25) is 5.91 Å². The second-order valence-electron chi connectivity index (χ2n) is 7.07. The Bertz CT molecular complexity index is 1060. The molecule has 4 aromatic rings. The second kappa shape index (κ2) is 10.1. The van der Waals surface area contributed by atoms with Gasteiger partial charge in [0.05, 0.1) is 15.9 Å². The Balaban J connectivity index is 1.19. The third-order valence-corrected chi connectivity index (χ3v) is 5.83. The van der Waals surface area contributed by atoms with Crippen molar-refractivity contribution in [3.8, 4) is 10.6 Å². The summed E-state index contributed by atoms with van der Waals surface area (Å²) < 4.78 is 1.18. The zero-order valence-corrected chi connectivity index (χ0v) is 17.5. The lowest BCUT2D eigenvalue weighted by Gasteiger charge is -2.07. The maximum absolute atomic E-state index is 12.2. The van der Waals surface area contributed by atoms with Gasteiger partial charge in [-0.05, 0) is 67.9 Å². The minimum Gasteiger partial charge on any atom is -0.326 e. The highest BCUT2D eigenvalue weighted by atomic mass is 32.1. The number of rotatable bonds is 9. The maximum Gasteiger partial charge on any atom is 0.224 e. The number of unbranched alkanes of at least 4 members (excludes halogenated alkanes) is 1. The van der Waals surface area contributed by atoms with Crippen LogP contribution in [-0.4, -0.2) is 22.4 Å². The summed E-state index contributed by atoms with van der Waals surface area (Å²) >= 11 is 1.68. The number of amides is 1. The molecule has 0 aliphatic carbocycles. The molecule has 30 heavy (non-hydrogen) atoms. The smallest absolute Gasteiger partial charge is 0.224 e. The van der Waals surface area contributed by atoms with Crippen molar-refractivity contribution in [2.75, 3.05) is 11.9 Å². The molecule has 152 valence electrons. The third kappa shape index (κ3) is 5.49. The highest BCUT2D eigenvalue weighted by molar-refractivity contribution is 7.21. The molecule has 0 fully saturated rings. The zero-order valence-electron chi connectivity index (χ0n) is 16.7. The molecule has 2 N–H and O–H groups in total. The number of thiazole rings is 1. The number of nitrogens with zero attached hydrogens (tertiary/aromatic N) is 2. The van der Waals surface area contributed by atoms with Gasteiger partial charge in [-0.25, -0.2) is 4.98 Å². The molecule has 2 aromatic carbocycles. The van der Waals surface area contributed by atoms with Crippen molar-refractivity contribution in [3.05, 3.63) is 78.6 Å². The van der Waals surface area contributed by atoms with E-state index in [9.17, 15) is 4.79 Å². The number of anilines is 1. The monoisotopic (exact) mass is 416 g/mol. The van der Waals surface area contributed by atoms with Crippen LogP contribution in [0.25, 0.3) is 20.8 Å². The number of pyridine rings is 1. The topological polar surface area (TPSA) is 66.9 Å². The Hall–Kier alpha value is -3.09. The summed E-state index contributed by atoms with van der Waals surface area (Å²) in [6.07, 6.45) is 4.12. The van der Waals surface area contributed by atoms with E-state index in [-0.39, 0.29) is 5.91 Å². The molecule has 6 heteroatoms. The first-order chi connectivity index (χ1) is 14.8. The van der Waals surface area contributed by atoms with E-state index in [0.29, 0.717) is 6.42 Å². The summed E-state index contributed by atoms with van der Waals surface area (Å²) in [4.78, 5) is 21.1. The average Bonchev–Trinajstić information content (AvgIpc) is 3.22. The van der Waals surface area contributed by atoms with Crippen LogP contribution in [0.1, 0.15) is 25.0 Å². The van der Waals surface area contributed by atoms with E-state index in [1.54, 1.807) is 17.5 Å². The SMILES string of the molecule is O=C(CCCCNCc1ccccn1)Nc1ccc(-c2nc3ccccc3s2)cc1. The third-order valence-electron chi connectivity index (χ3n) is 4.75. The molecule has 0 saturated heterocycles. The van der Waals surface area contributed by atoms with Crippen LogP contribution in [0.2, 0.25) is 0 Å². The van der Waals surface area contributed by atoms with Gasteiger partial charge in [-0.3, -0.25) is 9.78 Å². The highest BCUT2D eigenvalue weighted by Gasteiger charge is 2.07. The lowest BCUT2D eigenvalue weighted by Crippen LogP contribution is -2.16. The number of aromatic nitrogens is 2. The number of para-hydroxylation sites is 1. The fourth-order valence-electron chi connectivity index (χ4n) is 3.17. The molecule has 0 radical (unpaired) electrons. The zero-order chi connectivity index (χ0) is 20.6. The molecule has 0 spiro atoms. The molecule has 2 heterocycles. The van der Waals surface area contributed by atoms with E-state index in [1.807, 2.05) is 60.7 Å². The summed E-state index contributed by atoms with van der Waals surface area (Å²) in [6, 6.07) is 21.9. The summed E-state index contributed by atoms with van der Waals surface area (Å²) in [5.41, 5.74) is 3.93. The number of carbonyl (C=O) groups excluding carboxylic acids is 1. The predicted molar refractivity (Wildman–Crippen MR) is 123 cm³/mol. The van der Waals surface area contributed by atoms with Crippen molar-refractivity contribution >= 4 is 33.1 Å². The Morgan fingerprint density at radius 1 is 0.933 bits per heavy atom. The van der Waals surface area contributed by atoms with E-state index >= 15 is 0 Å². The van der Waals surface area contributed by atoms with Gasteiger partial charge < -0.3 is 10.6 Å². The number of carbonyl (C=O) groups is 1. The molecule has 4 rings (SSSR count). The Morgan fingerprint density at radius 2 is 1.77 bits per heavy atom. The van der Waals surface area contributed by atoms with Crippen LogP contribution in [-0.2, 0) is 11.3 Å². The van der Waals surface area contributed by atoms with Crippen LogP contribution >= 0.6 is 11.3 Å². The largest absolute Gasteiger partial charge is 0.326 e. The molecule has 2 aromatic heterocycles. The average molecular weight is 417 g/mol. The minimum atomic E-state index is 0.0486. The van der Waals surface area contributed by atoms with Gasteiger partial charge in [-0.15, -0.1) is 11.3 Å². The summed E-state index contributed by atoms with van der Waals surface area (Å²) in [6.45, 7) is 1.63. The first-order valence-electron chi connectivity index (χ1n) is 10.1. The first-order valence-corrected chi connectivity index (χ1v) is 11.0. The number of nitrogens with one attached hydrogen (secondary N) is 2. The standard InChI is InChI=1S/C24H24N4OS/c29-23(10-4-5-15-25-17-20-7-3-6-16-26-20)27-19-13-11-18(12-14-19)24-28-21-8-1-2-9-22(21)30-24/h1-3,6-9,11-14,16,25H,4-5,10,15,17H2,(H,27,29). The molecule has 0 bridgehead atoms. The number of hydrogen-bond acceptors (Lipinski definition) is 5. The number of fused-ring (bicyclic) bond motifs is 1. The molecule has 5 nitrogen and oxygen atoms in total. The van der Waals surface area contributed by atoms with Crippen LogP contribution in [0, 0.1) is 0 Å². The van der Waals surface area contributed by atoms with Crippen molar-refractivity contribution in [2.24, 2.45) is 0 Å². The molecule has 1 amide bonds. The van der Waals surface area contributed by atoms with Gasteiger partial charge in [0.15, 0.2) is 0 Å². The quantitative estimate of drug-likeness (QED) is 0.365. The molecular weight excluding hydrogens is 392 g/mol. The fourth-order valence-corrected chi connectivity index (χ4v) is 4.14. The van der Waals surface area contributed by atoms with Crippen molar-refractivity contribution < 1.29 is 4.79 Å². The molecule has 0 atom stereocenters. The first kappa shape index (κ1) is 20.2. The van der Waals surface area contributed by atoms with Crippen LogP contribution in [0.4, 0.5) is 5.69 Å². The van der Waals surface area contributed by atoms with Crippen LogP contribution < -0.4 is 10.6 Å². The van der Waals surface area contributed by atoms with Crippen LogP contribution in [0.15, 0.2) is 72.9 Å². The molecular formula is C24H24N4OS. The normalized spacial score (nSPS) is 10.9. The second-order valence-corrected chi connectivity index (χ2v) is 8.10. The van der Waals surface area contributed by atoms with Crippen LogP contribution in [0.3, 0.4) is 0 Å². The lowest BCUT2D eigenvalue weighted by molar-refractivity contribution is -0.116. The van der Waals surface area contributed by atoms with Gasteiger partial charge in [0.25, 0.3) is 0 Å². The summed E-state index contributed by atoms with van der Waals surface area (Å²) in [5.74, 6) is 0.0486. The van der Waals surface area contributed by atoms with Crippen molar-refractivity contribution in [1.29, 1.82) is 0 Å². The van der Waals surface area contributed by atoms with Crippen molar-refractivity contribution in [3.63, 3.8) is 0 Å². The molecule has 0 aliphatic rings. The van der Waals surface area contributed by atoms with E-state index < -0.39 is 0 Å². The van der Waals surface area contributed by atoms with Crippen molar-refractivity contribution in [1.82, 2.24) is 15.3 Å². The van der Waals surface area contributed by atoms with Gasteiger partial charge >= 0.3 is 0 Å². The maximum atomic E-state index is 12.2. The lowest BCUT2D eigenvalue weighted by atomic mass is 10.2. The highest BCUT2D eigenvalue weighted by Crippen LogP contribution is 2.30. The Labute approximate surface area is 180 Å². The number of benzene rings is 2.